The third kappa shape index (κ3) is 5.57. The van der Waals surface area contributed by atoms with Crippen molar-refractivity contribution in [1.82, 2.24) is 0 Å². The van der Waals surface area contributed by atoms with E-state index in [-0.39, 0.29) is 13.2 Å². The van der Waals surface area contributed by atoms with Gasteiger partial charge in [0.25, 0.3) is 0 Å². The van der Waals surface area contributed by atoms with Crippen LogP contribution in [0.25, 0.3) is 0 Å². The van der Waals surface area contributed by atoms with Crippen molar-refractivity contribution in [3.8, 4) is 11.8 Å². The minimum atomic E-state index is -0.779. The van der Waals surface area contributed by atoms with E-state index in [0.717, 1.165) is 0 Å². The molecule has 0 bridgehead atoms. The lowest BCUT2D eigenvalue weighted by Crippen LogP contribution is -2.19. The largest absolute Gasteiger partial charge is 0.394 e. The fourth-order valence-corrected chi connectivity index (χ4v) is 0.371. The van der Waals surface area contributed by atoms with Crippen LogP contribution in [-0.4, -0.2) is 36.1 Å². The molecule has 2 N–H and O–H groups in total. The number of ether oxygens (including phenoxy) is 1. The Bertz CT molecular complexity index is 123. The summed E-state index contributed by atoms with van der Waals surface area (Å²) < 4.78 is 4.84. The van der Waals surface area contributed by atoms with Gasteiger partial charge in [-0.3, -0.25) is 0 Å². The van der Waals surface area contributed by atoms with Crippen molar-refractivity contribution in [2.24, 2.45) is 0 Å². The van der Waals surface area contributed by atoms with Gasteiger partial charge in [0.1, 0.15) is 12.7 Å². The summed E-state index contributed by atoms with van der Waals surface area (Å²) in [6.07, 6.45) is -0.779. The third-order valence-electron chi connectivity index (χ3n) is 0.872. The predicted octanol–water partition coefficient (Wildman–Crippen LogP) is -0.620. The number of aliphatic hydroxyl groups is 2. The maximum absolute atomic E-state index is 8.73. The Kier molecular flexibility index (Phi) is 6.19. The second kappa shape index (κ2) is 6.56. The molecule has 0 saturated carbocycles. The molecule has 0 aromatic carbocycles. The van der Waals surface area contributed by atoms with Gasteiger partial charge in [-0.05, 0) is 6.92 Å². The average Bonchev–Trinajstić information content (AvgIpc) is 1.98. The van der Waals surface area contributed by atoms with Gasteiger partial charge in [-0.1, -0.05) is 5.92 Å². The Labute approximate surface area is 60.6 Å². The summed E-state index contributed by atoms with van der Waals surface area (Å²) in [5, 5.41) is 17.1. The Morgan fingerprint density at radius 1 is 1.60 bits per heavy atom. The molecule has 0 aliphatic carbocycles. The number of aliphatic hydroxyl groups excluding tert-OH is 2. The molecule has 58 valence electrons. The van der Waals surface area contributed by atoms with Gasteiger partial charge in [-0.15, -0.1) is 5.92 Å². The van der Waals surface area contributed by atoms with E-state index in [1.807, 2.05) is 0 Å². The summed E-state index contributed by atoms with van der Waals surface area (Å²) in [6, 6.07) is 0. The molecule has 0 saturated heterocycles. The number of rotatable bonds is 4. The van der Waals surface area contributed by atoms with Crippen molar-refractivity contribution >= 4 is 0 Å². The molecule has 1 atom stereocenters. The highest BCUT2D eigenvalue weighted by Crippen LogP contribution is 1.81. The maximum atomic E-state index is 8.73. The van der Waals surface area contributed by atoms with Crippen molar-refractivity contribution in [2.75, 3.05) is 19.8 Å². The summed E-state index contributed by atoms with van der Waals surface area (Å²) in [6.45, 7) is 1.91. The van der Waals surface area contributed by atoms with Crippen LogP contribution in [0.5, 0.6) is 0 Å². The van der Waals surface area contributed by atoms with Crippen LogP contribution < -0.4 is 0 Å². The minimum Gasteiger partial charge on any atom is -0.394 e. The normalized spacial score (nSPS) is 11.9. The van der Waals surface area contributed by atoms with Crippen molar-refractivity contribution in [1.29, 1.82) is 0 Å². The van der Waals surface area contributed by atoms with Crippen molar-refractivity contribution in [3.63, 3.8) is 0 Å². The van der Waals surface area contributed by atoms with Crippen molar-refractivity contribution in [3.05, 3.63) is 0 Å². The van der Waals surface area contributed by atoms with E-state index in [4.69, 9.17) is 14.9 Å². The highest BCUT2D eigenvalue weighted by molar-refractivity contribution is 4.94. The predicted molar refractivity (Wildman–Crippen MR) is 37.4 cm³/mol. The lowest BCUT2D eigenvalue weighted by Gasteiger charge is -2.04. The van der Waals surface area contributed by atoms with E-state index >= 15 is 0 Å². The van der Waals surface area contributed by atoms with E-state index in [1.165, 1.54) is 0 Å². The molecule has 0 rings (SSSR count). The summed E-state index contributed by atoms with van der Waals surface area (Å²) >= 11 is 0. The third-order valence-corrected chi connectivity index (χ3v) is 0.872. The van der Waals surface area contributed by atoms with E-state index in [0.29, 0.717) is 6.61 Å². The molecule has 0 spiro atoms. The van der Waals surface area contributed by atoms with Gasteiger partial charge in [0.15, 0.2) is 0 Å². The van der Waals surface area contributed by atoms with Crippen LogP contribution in [0.4, 0.5) is 0 Å². The monoisotopic (exact) mass is 144 g/mol. The van der Waals surface area contributed by atoms with Crippen molar-refractivity contribution in [2.45, 2.75) is 13.0 Å². The van der Waals surface area contributed by atoms with Crippen LogP contribution >= 0.6 is 0 Å². The lowest BCUT2D eigenvalue weighted by molar-refractivity contribution is 0.0164. The standard InChI is InChI=1S/C7H12O3/c1-2-3-4-10-6-7(9)5-8/h7-9H,4-6H2,1H3/t7-/m0/s1. The van der Waals surface area contributed by atoms with Gasteiger partial charge < -0.3 is 14.9 Å². The zero-order valence-corrected chi connectivity index (χ0v) is 6.00. The highest BCUT2D eigenvalue weighted by Gasteiger charge is 1.98. The quantitative estimate of drug-likeness (QED) is 0.408. The van der Waals surface area contributed by atoms with Gasteiger partial charge in [0, 0.05) is 0 Å². The smallest absolute Gasteiger partial charge is 0.107 e. The first-order chi connectivity index (χ1) is 4.81. The summed E-state index contributed by atoms with van der Waals surface area (Å²) in [5.74, 6) is 5.30. The van der Waals surface area contributed by atoms with Gasteiger partial charge >= 0.3 is 0 Å². The number of hydrogen-bond acceptors (Lipinski definition) is 3. The maximum Gasteiger partial charge on any atom is 0.107 e. The summed E-state index contributed by atoms with van der Waals surface area (Å²) in [5.41, 5.74) is 0. The van der Waals surface area contributed by atoms with Gasteiger partial charge in [-0.2, -0.15) is 0 Å². The molecule has 0 aromatic heterocycles. The molecule has 0 aliphatic heterocycles. The molecule has 0 radical (unpaired) electrons. The van der Waals surface area contributed by atoms with Crippen LogP contribution in [0.1, 0.15) is 6.92 Å². The van der Waals surface area contributed by atoms with Crippen LogP contribution in [-0.2, 0) is 4.74 Å². The second-order valence-electron chi connectivity index (χ2n) is 1.78. The summed E-state index contributed by atoms with van der Waals surface area (Å²) in [7, 11) is 0. The SMILES string of the molecule is CC#CCOC[C@@H](O)CO. The molecular formula is C7H12O3. The Balaban J connectivity index is 3.08. The molecule has 3 heteroatoms. The van der Waals surface area contributed by atoms with Crippen LogP contribution in [0.3, 0.4) is 0 Å². The highest BCUT2D eigenvalue weighted by atomic mass is 16.5. The summed E-state index contributed by atoms with van der Waals surface area (Å²) in [4.78, 5) is 0. The first kappa shape index (κ1) is 9.44. The fourth-order valence-electron chi connectivity index (χ4n) is 0.371. The Morgan fingerprint density at radius 3 is 2.80 bits per heavy atom. The topological polar surface area (TPSA) is 49.7 Å². The Hall–Kier alpha value is -0.560. The molecule has 10 heavy (non-hydrogen) atoms. The Morgan fingerprint density at radius 2 is 2.30 bits per heavy atom. The minimum absolute atomic E-state index is 0.144. The molecule has 3 nitrogen and oxygen atoms in total. The van der Waals surface area contributed by atoms with E-state index in [2.05, 4.69) is 11.8 Å². The molecule has 0 amide bonds. The van der Waals surface area contributed by atoms with Crippen molar-refractivity contribution < 1.29 is 14.9 Å². The molecule has 0 unspecified atom stereocenters. The van der Waals surface area contributed by atoms with E-state index in [9.17, 15) is 0 Å². The van der Waals surface area contributed by atoms with Crippen LogP contribution in [0.2, 0.25) is 0 Å². The second-order valence-corrected chi connectivity index (χ2v) is 1.78. The zero-order chi connectivity index (χ0) is 7.82. The zero-order valence-electron chi connectivity index (χ0n) is 6.00. The van der Waals surface area contributed by atoms with Crippen LogP contribution in [0.15, 0.2) is 0 Å². The van der Waals surface area contributed by atoms with Gasteiger partial charge in [-0.25, -0.2) is 0 Å². The molecule has 0 heterocycles. The van der Waals surface area contributed by atoms with E-state index in [1.54, 1.807) is 6.92 Å². The molecule has 0 aliphatic rings. The van der Waals surface area contributed by atoms with E-state index < -0.39 is 6.10 Å². The fraction of sp³-hybridized carbons (Fsp3) is 0.714. The molecule has 0 aromatic rings. The number of hydrogen-bond donors (Lipinski definition) is 2. The van der Waals surface area contributed by atoms with Gasteiger partial charge in [0.05, 0.1) is 13.2 Å². The first-order valence-electron chi connectivity index (χ1n) is 3.07. The molecule has 0 fully saturated rings. The van der Waals surface area contributed by atoms with Crippen LogP contribution in [0, 0.1) is 11.8 Å². The van der Waals surface area contributed by atoms with Gasteiger partial charge in [0.2, 0.25) is 0 Å². The lowest BCUT2D eigenvalue weighted by atomic mass is 10.4. The molecular weight excluding hydrogens is 132 g/mol. The average molecular weight is 144 g/mol. The first-order valence-corrected chi connectivity index (χ1v) is 3.07.